The first-order valence-corrected chi connectivity index (χ1v) is 9.52. The van der Waals surface area contributed by atoms with Crippen molar-refractivity contribution < 1.29 is 9.53 Å². The number of aryl methyl sites for hydroxylation is 4. The van der Waals surface area contributed by atoms with E-state index in [0.717, 1.165) is 45.7 Å². The molecule has 3 rings (SSSR count). The Labute approximate surface area is 166 Å². The van der Waals surface area contributed by atoms with Gasteiger partial charge in [0.2, 0.25) is 0 Å². The summed E-state index contributed by atoms with van der Waals surface area (Å²) in [6, 6.07) is 13.7. The van der Waals surface area contributed by atoms with E-state index in [9.17, 15) is 4.79 Å². The van der Waals surface area contributed by atoms with Gasteiger partial charge in [-0.2, -0.15) is 0 Å². The average molecular weight is 374 g/mol. The lowest BCUT2D eigenvalue weighted by Crippen LogP contribution is -2.15. The van der Waals surface area contributed by atoms with Crippen LogP contribution in [0.25, 0.3) is 0 Å². The smallest absolute Gasteiger partial charge is 0.255 e. The fraction of sp³-hybridized carbons (Fsp3) is 0.250. The minimum absolute atomic E-state index is 0.103. The number of carbonyl (C=O) groups excluding carboxylic acids is 1. The number of rotatable bonds is 6. The molecule has 2 aromatic carbocycles. The van der Waals surface area contributed by atoms with Crippen molar-refractivity contribution in [2.75, 3.05) is 5.32 Å². The van der Waals surface area contributed by atoms with Crippen LogP contribution in [0.1, 0.15) is 45.1 Å². The number of aromatic nitrogens is 1. The number of nitrogens with one attached hydrogen (secondary N) is 1. The molecule has 4 heteroatoms. The average Bonchev–Trinajstić information content (AvgIpc) is 2.69. The number of amides is 1. The van der Waals surface area contributed by atoms with Gasteiger partial charge in [0.15, 0.2) is 0 Å². The van der Waals surface area contributed by atoms with Gasteiger partial charge >= 0.3 is 0 Å². The molecule has 1 N–H and O–H groups in total. The highest BCUT2D eigenvalue weighted by atomic mass is 16.5. The van der Waals surface area contributed by atoms with Crippen LogP contribution < -0.4 is 10.1 Å². The Morgan fingerprint density at radius 2 is 1.79 bits per heavy atom. The summed E-state index contributed by atoms with van der Waals surface area (Å²) in [5, 5.41) is 3.09. The summed E-state index contributed by atoms with van der Waals surface area (Å²) in [6.07, 6.45) is 4.41. The van der Waals surface area contributed by atoms with E-state index in [1.807, 2.05) is 57.2 Å². The molecule has 0 fully saturated rings. The fourth-order valence-corrected chi connectivity index (χ4v) is 3.34. The number of para-hydroxylation sites is 1. The number of benzene rings is 2. The third-order valence-electron chi connectivity index (χ3n) is 4.81. The molecule has 0 unspecified atom stereocenters. The Hall–Kier alpha value is -3.14. The van der Waals surface area contributed by atoms with Crippen LogP contribution in [0.2, 0.25) is 0 Å². The summed E-state index contributed by atoms with van der Waals surface area (Å²) >= 11 is 0. The number of hydrogen-bond acceptors (Lipinski definition) is 3. The standard InChI is InChI=1S/C24H26N2O2/c1-5-20-10-6-8-16(2)22(20)26-24(27)21-12-17(3)23(18(4)13-21)28-15-19-9-7-11-25-14-19/h6-14H,5,15H2,1-4H3,(H,26,27). The van der Waals surface area contributed by atoms with Crippen LogP contribution in [0.3, 0.4) is 0 Å². The van der Waals surface area contributed by atoms with Crippen LogP contribution in [-0.4, -0.2) is 10.9 Å². The van der Waals surface area contributed by atoms with Crippen molar-refractivity contribution in [3.63, 3.8) is 0 Å². The molecule has 0 aliphatic rings. The lowest BCUT2D eigenvalue weighted by Gasteiger charge is -2.16. The molecule has 0 bridgehead atoms. The van der Waals surface area contributed by atoms with E-state index in [4.69, 9.17) is 4.74 Å². The zero-order chi connectivity index (χ0) is 20.1. The highest BCUT2D eigenvalue weighted by molar-refractivity contribution is 6.05. The summed E-state index contributed by atoms with van der Waals surface area (Å²) < 4.78 is 5.99. The third-order valence-corrected chi connectivity index (χ3v) is 4.81. The molecule has 28 heavy (non-hydrogen) atoms. The summed E-state index contributed by atoms with van der Waals surface area (Å²) in [5.41, 5.74) is 6.63. The number of nitrogens with zero attached hydrogens (tertiary/aromatic N) is 1. The molecule has 0 aliphatic carbocycles. The van der Waals surface area contributed by atoms with E-state index in [2.05, 4.69) is 23.3 Å². The summed E-state index contributed by atoms with van der Waals surface area (Å²) in [7, 11) is 0. The molecule has 1 amide bonds. The van der Waals surface area contributed by atoms with E-state index in [-0.39, 0.29) is 5.91 Å². The predicted octanol–water partition coefficient (Wildman–Crippen LogP) is 5.40. The maximum atomic E-state index is 12.9. The third kappa shape index (κ3) is 4.39. The summed E-state index contributed by atoms with van der Waals surface area (Å²) in [4.78, 5) is 17.0. The molecule has 4 nitrogen and oxygen atoms in total. The molecule has 0 aliphatic heterocycles. The number of hydrogen-bond donors (Lipinski definition) is 1. The highest BCUT2D eigenvalue weighted by Gasteiger charge is 2.14. The van der Waals surface area contributed by atoms with E-state index in [1.165, 1.54) is 0 Å². The van der Waals surface area contributed by atoms with Crippen LogP contribution in [-0.2, 0) is 13.0 Å². The van der Waals surface area contributed by atoms with Gasteiger partial charge in [0.05, 0.1) is 0 Å². The van der Waals surface area contributed by atoms with Gasteiger partial charge < -0.3 is 10.1 Å². The first-order valence-electron chi connectivity index (χ1n) is 9.52. The van der Waals surface area contributed by atoms with Gasteiger partial charge in [-0.15, -0.1) is 0 Å². The molecular weight excluding hydrogens is 348 g/mol. The molecule has 1 aromatic heterocycles. The van der Waals surface area contributed by atoms with Gasteiger partial charge in [0.1, 0.15) is 12.4 Å². The van der Waals surface area contributed by atoms with Gasteiger partial charge in [0.25, 0.3) is 5.91 Å². The fourth-order valence-electron chi connectivity index (χ4n) is 3.34. The van der Waals surface area contributed by atoms with Crippen molar-refractivity contribution >= 4 is 11.6 Å². The SMILES string of the molecule is CCc1cccc(C)c1NC(=O)c1cc(C)c(OCc2cccnc2)c(C)c1. The largest absolute Gasteiger partial charge is 0.488 e. The Bertz CT molecular complexity index is 958. The van der Waals surface area contributed by atoms with E-state index in [0.29, 0.717) is 12.2 Å². The lowest BCUT2D eigenvalue weighted by molar-refractivity contribution is 0.102. The zero-order valence-corrected chi connectivity index (χ0v) is 16.9. The van der Waals surface area contributed by atoms with Gasteiger partial charge in [-0.3, -0.25) is 9.78 Å². The van der Waals surface area contributed by atoms with Gasteiger partial charge in [-0.25, -0.2) is 0 Å². The van der Waals surface area contributed by atoms with Crippen molar-refractivity contribution in [3.8, 4) is 5.75 Å². The molecule has 0 saturated heterocycles. The quantitative estimate of drug-likeness (QED) is 0.628. The normalized spacial score (nSPS) is 10.6. The summed E-state index contributed by atoms with van der Waals surface area (Å²) in [5.74, 6) is 0.708. The monoisotopic (exact) mass is 374 g/mol. The van der Waals surface area contributed by atoms with E-state index in [1.54, 1.807) is 12.4 Å². The predicted molar refractivity (Wildman–Crippen MR) is 113 cm³/mol. The molecule has 0 spiro atoms. The van der Waals surface area contributed by atoms with Gasteiger partial charge in [-0.05, 0) is 67.6 Å². The Morgan fingerprint density at radius 3 is 2.43 bits per heavy atom. The second-order valence-corrected chi connectivity index (χ2v) is 7.01. The van der Waals surface area contributed by atoms with Crippen molar-refractivity contribution in [1.29, 1.82) is 0 Å². The number of ether oxygens (including phenoxy) is 1. The second-order valence-electron chi connectivity index (χ2n) is 7.01. The van der Waals surface area contributed by atoms with Crippen LogP contribution in [0.4, 0.5) is 5.69 Å². The Morgan fingerprint density at radius 1 is 1.04 bits per heavy atom. The highest BCUT2D eigenvalue weighted by Crippen LogP contribution is 2.27. The molecular formula is C24H26N2O2. The van der Waals surface area contributed by atoms with Crippen molar-refractivity contribution in [2.45, 2.75) is 40.7 Å². The van der Waals surface area contributed by atoms with Crippen LogP contribution in [0.5, 0.6) is 5.75 Å². The van der Waals surface area contributed by atoms with E-state index >= 15 is 0 Å². The first-order chi connectivity index (χ1) is 13.5. The van der Waals surface area contributed by atoms with Crippen LogP contribution >= 0.6 is 0 Å². The van der Waals surface area contributed by atoms with Crippen molar-refractivity contribution in [3.05, 3.63) is 88.2 Å². The van der Waals surface area contributed by atoms with Crippen molar-refractivity contribution in [1.82, 2.24) is 4.98 Å². The molecule has 0 saturated carbocycles. The molecule has 0 radical (unpaired) electrons. The Balaban J connectivity index is 1.79. The van der Waals surface area contributed by atoms with E-state index < -0.39 is 0 Å². The molecule has 144 valence electrons. The van der Waals surface area contributed by atoms with Crippen LogP contribution in [0, 0.1) is 20.8 Å². The van der Waals surface area contributed by atoms with Gasteiger partial charge in [-0.1, -0.05) is 31.2 Å². The zero-order valence-electron chi connectivity index (χ0n) is 16.9. The number of carbonyl (C=O) groups is 1. The minimum atomic E-state index is -0.103. The number of anilines is 1. The second kappa shape index (κ2) is 8.70. The number of pyridine rings is 1. The molecule has 3 aromatic rings. The summed E-state index contributed by atoms with van der Waals surface area (Å²) in [6.45, 7) is 8.49. The van der Waals surface area contributed by atoms with Gasteiger partial charge in [0, 0.05) is 29.2 Å². The molecule has 1 heterocycles. The minimum Gasteiger partial charge on any atom is -0.488 e. The maximum absolute atomic E-state index is 12.9. The molecule has 0 atom stereocenters. The first kappa shape index (κ1) is 19.6. The topological polar surface area (TPSA) is 51.2 Å². The van der Waals surface area contributed by atoms with Crippen LogP contribution in [0.15, 0.2) is 54.9 Å². The lowest BCUT2D eigenvalue weighted by atomic mass is 10.0. The maximum Gasteiger partial charge on any atom is 0.255 e. The Kier molecular flexibility index (Phi) is 6.09. The van der Waals surface area contributed by atoms with Crippen molar-refractivity contribution in [2.24, 2.45) is 0 Å².